The van der Waals surface area contributed by atoms with Crippen LogP contribution in [0.2, 0.25) is 0 Å². The number of aliphatic carboxylic acids is 1. The topological polar surface area (TPSA) is 109 Å². The van der Waals surface area contributed by atoms with E-state index in [1.807, 2.05) is 31.2 Å². The molecule has 3 aromatic rings. The Morgan fingerprint density at radius 3 is 2.37 bits per heavy atom. The standard InChI is InChI=1S/C26H27N3O5S/c1-2-29(13-7-12-24(30)31)25(32)22-16-35-23(28-22)14-27-26(33)34-15-21-19-10-5-3-8-17(19)18-9-4-6-11-20(18)21/h3-6,8-11,16,21H,2,7,12-15H2,1H3,(H,27,33)(H,30,31). The van der Waals surface area contributed by atoms with E-state index in [0.717, 1.165) is 11.1 Å². The highest BCUT2D eigenvalue weighted by molar-refractivity contribution is 7.09. The number of hydrogen-bond acceptors (Lipinski definition) is 6. The smallest absolute Gasteiger partial charge is 0.407 e. The minimum atomic E-state index is -0.885. The molecule has 1 aliphatic rings. The summed E-state index contributed by atoms with van der Waals surface area (Å²) in [4.78, 5) is 41.7. The highest BCUT2D eigenvalue weighted by Crippen LogP contribution is 2.44. The van der Waals surface area contributed by atoms with Crippen molar-refractivity contribution in [3.05, 3.63) is 75.7 Å². The van der Waals surface area contributed by atoms with Gasteiger partial charge in [-0.25, -0.2) is 9.78 Å². The van der Waals surface area contributed by atoms with Crippen LogP contribution >= 0.6 is 11.3 Å². The van der Waals surface area contributed by atoms with Crippen LogP contribution < -0.4 is 5.32 Å². The lowest BCUT2D eigenvalue weighted by Crippen LogP contribution is -2.32. The molecular weight excluding hydrogens is 466 g/mol. The molecule has 0 atom stereocenters. The molecule has 0 fully saturated rings. The third kappa shape index (κ3) is 5.68. The van der Waals surface area contributed by atoms with Gasteiger partial charge in [-0.15, -0.1) is 11.3 Å². The van der Waals surface area contributed by atoms with Crippen molar-refractivity contribution >= 4 is 29.3 Å². The molecular formula is C26H27N3O5S. The highest BCUT2D eigenvalue weighted by atomic mass is 32.1. The van der Waals surface area contributed by atoms with Crippen LogP contribution in [0.5, 0.6) is 0 Å². The van der Waals surface area contributed by atoms with Gasteiger partial charge in [0.2, 0.25) is 0 Å². The van der Waals surface area contributed by atoms with E-state index in [0.29, 0.717) is 24.5 Å². The molecule has 0 unspecified atom stereocenters. The van der Waals surface area contributed by atoms with Crippen LogP contribution in [0.15, 0.2) is 53.9 Å². The minimum absolute atomic E-state index is 0.0101. The second-order valence-corrected chi connectivity index (χ2v) is 9.13. The lowest BCUT2D eigenvalue weighted by molar-refractivity contribution is -0.137. The lowest BCUT2D eigenvalue weighted by Gasteiger charge is -2.19. The summed E-state index contributed by atoms with van der Waals surface area (Å²) in [5, 5.41) is 13.7. The number of carbonyl (C=O) groups excluding carboxylic acids is 2. The number of nitrogens with one attached hydrogen (secondary N) is 1. The van der Waals surface area contributed by atoms with Crippen molar-refractivity contribution in [2.24, 2.45) is 0 Å². The van der Waals surface area contributed by atoms with Crippen LogP contribution in [-0.2, 0) is 16.1 Å². The van der Waals surface area contributed by atoms with Crippen LogP contribution in [-0.4, -0.2) is 52.7 Å². The van der Waals surface area contributed by atoms with E-state index in [4.69, 9.17) is 9.84 Å². The van der Waals surface area contributed by atoms with E-state index in [2.05, 4.69) is 34.6 Å². The van der Waals surface area contributed by atoms with Gasteiger partial charge in [0.25, 0.3) is 5.91 Å². The number of fused-ring (bicyclic) bond motifs is 3. The number of amides is 2. The third-order valence-corrected chi connectivity index (χ3v) is 6.83. The number of carboxylic acid groups (broad SMARTS) is 1. The summed E-state index contributed by atoms with van der Waals surface area (Å²) in [6.07, 6.45) is -0.149. The SMILES string of the molecule is CCN(CCCC(=O)O)C(=O)c1csc(CNC(=O)OCC2c3ccccc3-c3ccccc32)n1. The molecule has 182 valence electrons. The largest absolute Gasteiger partial charge is 0.481 e. The van der Waals surface area contributed by atoms with E-state index in [1.54, 1.807) is 10.3 Å². The maximum atomic E-state index is 12.7. The first kappa shape index (κ1) is 24.4. The van der Waals surface area contributed by atoms with E-state index in [9.17, 15) is 14.4 Å². The van der Waals surface area contributed by atoms with Gasteiger partial charge in [0.1, 0.15) is 17.3 Å². The average molecular weight is 494 g/mol. The first-order valence-electron chi connectivity index (χ1n) is 11.5. The first-order valence-corrected chi connectivity index (χ1v) is 12.4. The Hall–Kier alpha value is -3.72. The minimum Gasteiger partial charge on any atom is -0.481 e. The Morgan fingerprint density at radius 1 is 1.09 bits per heavy atom. The van der Waals surface area contributed by atoms with Gasteiger partial charge in [-0.05, 0) is 35.6 Å². The number of carbonyl (C=O) groups is 3. The summed E-state index contributed by atoms with van der Waals surface area (Å²) in [7, 11) is 0. The van der Waals surface area contributed by atoms with Crippen molar-refractivity contribution in [3.8, 4) is 11.1 Å². The van der Waals surface area contributed by atoms with Crippen molar-refractivity contribution < 1.29 is 24.2 Å². The quantitative estimate of drug-likeness (QED) is 0.430. The van der Waals surface area contributed by atoms with Crippen molar-refractivity contribution in [2.45, 2.75) is 32.2 Å². The Bertz CT molecular complexity index is 1180. The van der Waals surface area contributed by atoms with Crippen LogP contribution in [0.25, 0.3) is 11.1 Å². The number of carboxylic acids is 1. The predicted octanol–water partition coefficient (Wildman–Crippen LogP) is 4.51. The number of hydrogen-bond donors (Lipinski definition) is 2. The van der Waals surface area contributed by atoms with Crippen molar-refractivity contribution in [2.75, 3.05) is 19.7 Å². The normalized spacial score (nSPS) is 12.0. The Balaban J connectivity index is 1.29. The summed E-state index contributed by atoms with van der Waals surface area (Å²) < 4.78 is 5.54. The summed E-state index contributed by atoms with van der Waals surface area (Å²) >= 11 is 1.28. The molecule has 1 aromatic heterocycles. The average Bonchev–Trinajstić information content (AvgIpc) is 3.46. The van der Waals surface area contributed by atoms with Crippen LogP contribution in [0.3, 0.4) is 0 Å². The maximum Gasteiger partial charge on any atom is 0.407 e. The molecule has 35 heavy (non-hydrogen) atoms. The molecule has 1 aliphatic carbocycles. The van der Waals surface area contributed by atoms with Crippen LogP contribution in [0.4, 0.5) is 4.79 Å². The van der Waals surface area contributed by atoms with E-state index in [-0.39, 0.29) is 37.1 Å². The molecule has 0 saturated carbocycles. The van der Waals surface area contributed by atoms with Gasteiger partial charge in [0.05, 0.1) is 6.54 Å². The van der Waals surface area contributed by atoms with Gasteiger partial charge in [0, 0.05) is 30.8 Å². The molecule has 0 aliphatic heterocycles. The van der Waals surface area contributed by atoms with Gasteiger partial charge < -0.3 is 20.1 Å². The van der Waals surface area contributed by atoms with Gasteiger partial charge >= 0.3 is 12.1 Å². The summed E-state index contributed by atoms with van der Waals surface area (Å²) in [5.41, 5.74) is 4.92. The molecule has 9 heteroatoms. The zero-order chi connectivity index (χ0) is 24.8. The molecule has 0 bridgehead atoms. The van der Waals surface area contributed by atoms with Crippen molar-refractivity contribution in [1.29, 1.82) is 0 Å². The third-order valence-electron chi connectivity index (χ3n) is 5.99. The number of ether oxygens (including phenoxy) is 1. The lowest BCUT2D eigenvalue weighted by atomic mass is 9.98. The Labute approximate surface area is 207 Å². The van der Waals surface area contributed by atoms with E-state index < -0.39 is 12.1 Å². The van der Waals surface area contributed by atoms with Gasteiger partial charge in [-0.1, -0.05) is 48.5 Å². The van der Waals surface area contributed by atoms with E-state index >= 15 is 0 Å². The number of rotatable bonds is 10. The summed E-state index contributed by atoms with van der Waals surface area (Å²) in [6, 6.07) is 16.3. The molecule has 4 rings (SSSR count). The van der Waals surface area contributed by atoms with Gasteiger partial charge in [-0.3, -0.25) is 9.59 Å². The zero-order valence-electron chi connectivity index (χ0n) is 19.4. The summed E-state index contributed by atoms with van der Waals surface area (Å²) in [5.74, 6) is -1.15. The molecule has 0 radical (unpaired) electrons. The van der Waals surface area contributed by atoms with Gasteiger partial charge in [0.15, 0.2) is 0 Å². The maximum absolute atomic E-state index is 12.7. The molecule has 2 aromatic carbocycles. The predicted molar refractivity (Wildman–Crippen MR) is 132 cm³/mol. The number of nitrogens with zero attached hydrogens (tertiary/aromatic N) is 2. The number of alkyl carbamates (subject to hydrolysis) is 1. The second kappa shape index (κ2) is 11.1. The van der Waals surface area contributed by atoms with Crippen LogP contribution in [0, 0.1) is 0 Å². The molecule has 0 spiro atoms. The second-order valence-electron chi connectivity index (χ2n) is 8.19. The van der Waals surface area contributed by atoms with Crippen molar-refractivity contribution in [3.63, 3.8) is 0 Å². The molecule has 2 N–H and O–H groups in total. The Kier molecular flexibility index (Phi) is 7.77. The van der Waals surface area contributed by atoms with Crippen LogP contribution in [0.1, 0.15) is 52.3 Å². The summed E-state index contributed by atoms with van der Waals surface area (Å²) in [6.45, 7) is 3.03. The van der Waals surface area contributed by atoms with Crippen molar-refractivity contribution in [1.82, 2.24) is 15.2 Å². The highest BCUT2D eigenvalue weighted by Gasteiger charge is 2.29. The number of aromatic nitrogens is 1. The Morgan fingerprint density at radius 2 is 1.74 bits per heavy atom. The fourth-order valence-electron chi connectivity index (χ4n) is 4.27. The molecule has 0 saturated heterocycles. The van der Waals surface area contributed by atoms with Gasteiger partial charge in [-0.2, -0.15) is 0 Å². The van der Waals surface area contributed by atoms with E-state index in [1.165, 1.54) is 22.5 Å². The molecule has 8 nitrogen and oxygen atoms in total. The monoisotopic (exact) mass is 493 g/mol. The fourth-order valence-corrected chi connectivity index (χ4v) is 4.98. The molecule has 2 amide bonds. The zero-order valence-corrected chi connectivity index (χ0v) is 20.2. The molecule has 1 heterocycles. The fraction of sp³-hybridized carbons (Fsp3) is 0.308. The first-order chi connectivity index (χ1) is 17.0. The number of benzene rings is 2. The number of thiazole rings is 1.